The quantitative estimate of drug-likeness (QED) is 0.210. The minimum absolute atomic E-state index is 0.0497. The van der Waals surface area contributed by atoms with Gasteiger partial charge in [-0.2, -0.15) is 0 Å². The van der Waals surface area contributed by atoms with Gasteiger partial charge in [0.25, 0.3) is 0 Å². The van der Waals surface area contributed by atoms with Crippen LogP contribution in [0.1, 0.15) is 49.9 Å². The zero-order chi connectivity index (χ0) is 34.2. The van der Waals surface area contributed by atoms with Crippen LogP contribution in [-0.4, -0.2) is 86.3 Å². The number of phenols is 1. The number of aromatic hydroxyl groups is 1. The van der Waals surface area contributed by atoms with E-state index in [9.17, 15) is 29.1 Å². The number of H-pyrrole nitrogens is 1. The molecule has 0 saturated carbocycles. The van der Waals surface area contributed by atoms with Gasteiger partial charge in [0.15, 0.2) is 0 Å². The number of imidazole rings is 1. The van der Waals surface area contributed by atoms with Gasteiger partial charge < -0.3 is 36.3 Å². The first kappa shape index (κ1) is 34.1. The van der Waals surface area contributed by atoms with E-state index in [4.69, 9.17) is 0 Å². The normalized spacial score (nSPS) is 24.8. The second-order valence-corrected chi connectivity index (χ2v) is 12.6. The minimum atomic E-state index is -1.13. The zero-order valence-corrected chi connectivity index (χ0v) is 27.1. The van der Waals surface area contributed by atoms with Gasteiger partial charge >= 0.3 is 0 Å². The Morgan fingerprint density at radius 3 is 2.06 bits per heavy atom. The monoisotopic (exact) mass is 657 g/mol. The smallest absolute Gasteiger partial charge is 0.246 e. The van der Waals surface area contributed by atoms with Crippen LogP contribution in [0.5, 0.6) is 5.75 Å². The molecule has 5 amide bonds. The average molecular weight is 658 g/mol. The summed E-state index contributed by atoms with van der Waals surface area (Å²) < 4.78 is 0. The number of hydrogen-bond acceptors (Lipinski definition) is 7. The van der Waals surface area contributed by atoms with Crippen molar-refractivity contribution in [3.05, 3.63) is 83.9 Å². The fourth-order valence-corrected chi connectivity index (χ4v) is 6.21. The molecule has 0 radical (unpaired) electrons. The van der Waals surface area contributed by atoms with Crippen LogP contribution < -0.4 is 21.3 Å². The van der Waals surface area contributed by atoms with Crippen molar-refractivity contribution >= 4 is 29.5 Å². The highest BCUT2D eigenvalue weighted by atomic mass is 16.3. The molecule has 6 atom stereocenters. The highest BCUT2D eigenvalue weighted by Gasteiger charge is 2.41. The average Bonchev–Trinajstić information content (AvgIpc) is 3.79. The van der Waals surface area contributed by atoms with E-state index in [1.807, 2.05) is 44.2 Å². The van der Waals surface area contributed by atoms with Crippen LogP contribution in [0.4, 0.5) is 0 Å². The molecule has 1 aromatic heterocycles. The molecule has 0 bridgehead atoms. The fraction of sp³-hybridized carbons (Fsp3) is 0.429. The zero-order valence-electron chi connectivity index (χ0n) is 27.1. The van der Waals surface area contributed by atoms with Gasteiger partial charge in [0.05, 0.1) is 6.33 Å². The highest BCUT2D eigenvalue weighted by Crippen LogP contribution is 2.21. The lowest BCUT2D eigenvalue weighted by Crippen LogP contribution is -2.60. The number of amides is 5. The lowest BCUT2D eigenvalue weighted by Gasteiger charge is -2.31. The van der Waals surface area contributed by atoms with Gasteiger partial charge in [-0.15, -0.1) is 0 Å². The standard InChI is InChI=1S/C35H43N7O6/c1-3-21(2)30-34(47)40-28(18-24-19-36-20-37-24)35(48)42-15-7-10-29(42)33(46)39-26(16-22-8-5-4-6-9-22)31(44)38-27(32(45)41-30)17-23-11-13-25(43)14-12-23/h4-6,8-9,11-14,19-21,26-30,43H,3,7,10,15-18H2,1-2H3,(H,36,37)(H,38,44)(H,39,46)(H,40,47)(H,41,45)/t21-,26-,27-,28-,29+,30+/m0/s1. The molecule has 2 saturated heterocycles. The van der Waals surface area contributed by atoms with Crippen molar-refractivity contribution in [2.75, 3.05) is 6.54 Å². The van der Waals surface area contributed by atoms with Crippen molar-refractivity contribution in [3.8, 4) is 5.75 Å². The van der Waals surface area contributed by atoms with Crippen LogP contribution in [0.3, 0.4) is 0 Å². The first-order valence-electron chi connectivity index (χ1n) is 16.4. The topological polar surface area (TPSA) is 186 Å². The largest absolute Gasteiger partial charge is 0.508 e. The fourth-order valence-electron chi connectivity index (χ4n) is 6.21. The number of phenolic OH excluding ortho intramolecular Hbond substituents is 1. The van der Waals surface area contributed by atoms with E-state index in [2.05, 4.69) is 31.2 Å². The molecule has 2 fully saturated rings. The number of rotatable bonds is 8. The Balaban J connectivity index is 1.54. The predicted molar refractivity (Wildman–Crippen MR) is 176 cm³/mol. The van der Waals surface area contributed by atoms with Gasteiger partial charge in [0.2, 0.25) is 29.5 Å². The molecule has 254 valence electrons. The third kappa shape index (κ3) is 8.38. The maximum absolute atomic E-state index is 14.1. The number of nitrogens with one attached hydrogen (secondary N) is 5. The molecule has 2 aliphatic rings. The van der Waals surface area contributed by atoms with Crippen LogP contribution >= 0.6 is 0 Å². The van der Waals surface area contributed by atoms with E-state index < -0.39 is 59.7 Å². The van der Waals surface area contributed by atoms with Gasteiger partial charge in [-0.1, -0.05) is 62.7 Å². The molecule has 2 aromatic carbocycles. The summed E-state index contributed by atoms with van der Waals surface area (Å²) in [6, 6.07) is 10.3. The number of carbonyl (C=O) groups is 5. The Bertz CT molecular complexity index is 1580. The summed E-state index contributed by atoms with van der Waals surface area (Å²) in [7, 11) is 0. The van der Waals surface area contributed by atoms with Gasteiger partial charge in [0.1, 0.15) is 36.0 Å². The summed E-state index contributed by atoms with van der Waals surface area (Å²) in [5, 5.41) is 21.2. The van der Waals surface area contributed by atoms with Gasteiger partial charge in [-0.05, 0) is 42.0 Å². The maximum atomic E-state index is 14.1. The van der Waals surface area contributed by atoms with Crippen molar-refractivity contribution in [1.29, 1.82) is 0 Å². The summed E-state index contributed by atoms with van der Waals surface area (Å²) in [4.78, 5) is 78.4. The summed E-state index contributed by atoms with van der Waals surface area (Å²) in [5.74, 6) is -2.95. The molecule has 13 nitrogen and oxygen atoms in total. The van der Waals surface area contributed by atoms with Gasteiger partial charge in [-0.3, -0.25) is 24.0 Å². The number of fused-ring (bicyclic) bond motifs is 1. The third-order valence-electron chi connectivity index (χ3n) is 9.15. The van der Waals surface area contributed by atoms with Gasteiger partial charge in [0, 0.05) is 37.7 Å². The van der Waals surface area contributed by atoms with Gasteiger partial charge in [-0.25, -0.2) is 4.98 Å². The molecule has 48 heavy (non-hydrogen) atoms. The Labute approximate surface area is 279 Å². The van der Waals surface area contributed by atoms with Crippen LogP contribution in [0, 0.1) is 5.92 Å². The van der Waals surface area contributed by atoms with Crippen molar-refractivity contribution < 1.29 is 29.1 Å². The molecule has 0 aliphatic carbocycles. The number of aromatic amines is 1. The molecule has 13 heteroatoms. The maximum Gasteiger partial charge on any atom is 0.246 e. The molecule has 2 aliphatic heterocycles. The molecule has 0 unspecified atom stereocenters. The van der Waals surface area contributed by atoms with Crippen LogP contribution in [0.15, 0.2) is 67.1 Å². The van der Waals surface area contributed by atoms with E-state index in [-0.39, 0.29) is 30.9 Å². The molecule has 3 aromatic rings. The first-order valence-corrected chi connectivity index (χ1v) is 16.4. The number of benzene rings is 2. The predicted octanol–water partition coefficient (Wildman–Crippen LogP) is 1.13. The third-order valence-corrected chi connectivity index (χ3v) is 9.15. The summed E-state index contributed by atoms with van der Waals surface area (Å²) in [6.45, 7) is 4.03. The van der Waals surface area contributed by atoms with E-state index in [1.165, 1.54) is 23.4 Å². The Morgan fingerprint density at radius 1 is 0.792 bits per heavy atom. The number of aromatic nitrogens is 2. The van der Waals surface area contributed by atoms with Crippen molar-refractivity contribution in [1.82, 2.24) is 36.1 Å². The second-order valence-electron chi connectivity index (χ2n) is 12.6. The molecule has 0 spiro atoms. The minimum Gasteiger partial charge on any atom is -0.508 e. The SMILES string of the molecule is CC[C@H](C)[C@H]1NC(=O)[C@H](Cc2ccc(O)cc2)NC(=O)[C@H](Cc2ccccc2)NC(=O)[C@H]2CCCN2C(=O)[C@H](Cc2cnc[nH]2)NC1=O. The number of hydrogen-bond donors (Lipinski definition) is 6. The molecule has 6 N–H and O–H groups in total. The lowest BCUT2D eigenvalue weighted by atomic mass is 9.96. The van der Waals surface area contributed by atoms with E-state index >= 15 is 0 Å². The van der Waals surface area contributed by atoms with Crippen molar-refractivity contribution in [2.24, 2.45) is 5.92 Å². The van der Waals surface area contributed by atoms with E-state index in [1.54, 1.807) is 18.3 Å². The Morgan fingerprint density at radius 2 is 1.42 bits per heavy atom. The summed E-state index contributed by atoms with van der Waals surface area (Å²) in [6.07, 6.45) is 4.84. The number of nitrogens with zero attached hydrogens (tertiary/aromatic N) is 2. The highest BCUT2D eigenvalue weighted by molar-refractivity contribution is 5.98. The van der Waals surface area contributed by atoms with Crippen molar-refractivity contribution in [2.45, 2.75) is 82.6 Å². The number of carbonyl (C=O) groups excluding carboxylic acids is 5. The van der Waals surface area contributed by atoms with E-state index in [0.29, 0.717) is 37.1 Å². The Hall–Kier alpha value is -5.20. The van der Waals surface area contributed by atoms with Crippen LogP contribution in [0.2, 0.25) is 0 Å². The van der Waals surface area contributed by atoms with Crippen LogP contribution in [-0.2, 0) is 43.2 Å². The molecular weight excluding hydrogens is 614 g/mol. The second kappa shape index (κ2) is 15.6. The summed E-state index contributed by atoms with van der Waals surface area (Å²) >= 11 is 0. The molecular formula is C35H43N7O6. The van der Waals surface area contributed by atoms with E-state index in [0.717, 1.165) is 5.56 Å². The summed E-state index contributed by atoms with van der Waals surface area (Å²) in [5.41, 5.74) is 2.06. The van der Waals surface area contributed by atoms with Crippen molar-refractivity contribution in [3.63, 3.8) is 0 Å². The Kier molecular flexibility index (Phi) is 11.1. The molecule has 3 heterocycles. The lowest BCUT2D eigenvalue weighted by molar-refractivity contribution is -0.142. The van der Waals surface area contributed by atoms with Crippen LogP contribution in [0.25, 0.3) is 0 Å². The first-order chi connectivity index (χ1) is 23.1. The molecule has 5 rings (SSSR count).